The summed E-state index contributed by atoms with van der Waals surface area (Å²) in [5.41, 5.74) is 6.01. The van der Waals surface area contributed by atoms with E-state index in [0.717, 1.165) is 45.2 Å². The van der Waals surface area contributed by atoms with E-state index >= 15 is 0 Å². The third-order valence-electron chi connectivity index (χ3n) is 5.45. The zero-order chi connectivity index (χ0) is 22.1. The lowest BCUT2D eigenvalue weighted by Gasteiger charge is -2.18. The molecule has 2 aromatic carbocycles. The predicted molar refractivity (Wildman–Crippen MR) is 125 cm³/mol. The van der Waals surface area contributed by atoms with E-state index < -0.39 is 0 Å². The molecule has 0 unspecified atom stereocenters. The molecule has 0 amide bonds. The van der Waals surface area contributed by atoms with Crippen molar-refractivity contribution in [3.05, 3.63) is 75.1 Å². The van der Waals surface area contributed by atoms with Crippen LogP contribution in [0.15, 0.2) is 57.9 Å². The Labute approximate surface area is 180 Å². The number of para-hydroxylation sites is 1. The number of nitrogens with one attached hydrogen (secondary N) is 1. The van der Waals surface area contributed by atoms with Crippen LogP contribution in [0.1, 0.15) is 25.0 Å². The maximum atomic E-state index is 11.8. The monoisotopic (exact) mass is 415 g/mol. The first-order chi connectivity index (χ1) is 14.9. The van der Waals surface area contributed by atoms with Gasteiger partial charge in [0.15, 0.2) is 0 Å². The quantitative estimate of drug-likeness (QED) is 0.243. The summed E-state index contributed by atoms with van der Waals surface area (Å²) in [6.45, 7) is 9.52. The van der Waals surface area contributed by atoms with E-state index in [0.29, 0.717) is 23.5 Å². The van der Waals surface area contributed by atoms with Crippen LogP contribution < -0.4 is 10.7 Å². The van der Waals surface area contributed by atoms with Crippen molar-refractivity contribution < 1.29 is 9.34 Å². The summed E-state index contributed by atoms with van der Waals surface area (Å²) in [6.07, 6.45) is 0. The van der Waals surface area contributed by atoms with Crippen LogP contribution in [0.4, 0.5) is 11.4 Å². The average Bonchev–Trinajstić information content (AvgIpc) is 2.74. The minimum absolute atomic E-state index is 0.0738. The number of anilines is 1. The van der Waals surface area contributed by atoms with Crippen LogP contribution in [0, 0.1) is 24.0 Å². The number of nitrogens with zero attached hydrogens (tertiary/aromatic N) is 2. The van der Waals surface area contributed by atoms with Crippen LogP contribution in [0.2, 0.25) is 0 Å². The Morgan fingerprint density at radius 3 is 2.52 bits per heavy atom. The summed E-state index contributed by atoms with van der Waals surface area (Å²) in [7, 11) is 0. The van der Waals surface area contributed by atoms with Crippen LogP contribution in [-0.2, 0) is 0 Å². The molecule has 0 radical (unpaired) electrons. The lowest BCUT2D eigenvalue weighted by atomic mass is 9.91. The maximum absolute atomic E-state index is 11.8. The molecule has 1 aliphatic carbocycles. The molecule has 0 spiro atoms. The maximum Gasteiger partial charge on any atom is 0.277 e. The van der Waals surface area contributed by atoms with Crippen molar-refractivity contribution in [2.75, 3.05) is 18.4 Å². The molecule has 6 heteroatoms. The SMILES string of the molecule is CC/N=c1/cc2oc3cc(NCC)c(C)cc3c(-c3ccccc3[N+](=O)[O-])c-2cc1C. The van der Waals surface area contributed by atoms with Crippen molar-refractivity contribution in [3.8, 4) is 22.5 Å². The van der Waals surface area contributed by atoms with Gasteiger partial charge in [0.05, 0.1) is 15.8 Å². The summed E-state index contributed by atoms with van der Waals surface area (Å²) in [4.78, 5) is 16.1. The largest absolute Gasteiger partial charge is 0.456 e. The molecule has 6 nitrogen and oxygen atoms in total. The molecule has 0 saturated carbocycles. The number of nitro benzene ring substituents is 1. The Morgan fingerprint density at radius 1 is 1.03 bits per heavy atom. The third kappa shape index (κ3) is 3.65. The minimum atomic E-state index is -0.329. The highest BCUT2D eigenvalue weighted by molar-refractivity contribution is 6.05. The van der Waals surface area contributed by atoms with Gasteiger partial charge in [0.1, 0.15) is 11.3 Å². The summed E-state index contributed by atoms with van der Waals surface area (Å²) in [5, 5.41) is 16.9. The van der Waals surface area contributed by atoms with Crippen molar-refractivity contribution in [3.63, 3.8) is 0 Å². The van der Waals surface area contributed by atoms with E-state index in [4.69, 9.17) is 4.42 Å². The molecular weight excluding hydrogens is 390 g/mol. The molecule has 1 aliphatic heterocycles. The Kier molecular flexibility index (Phi) is 5.46. The molecule has 31 heavy (non-hydrogen) atoms. The molecule has 2 aliphatic rings. The van der Waals surface area contributed by atoms with E-state index in [1.54, 1.807) is 18.2 Å². The van der Waals surface area contributed by atoms with Gasteiger partial charge >= 0.3 is 0 Å². The first kappa shape index (κ1) is 20.6. The van der Waals surface area contributed by atoms with Gasteiger partial charge in [-0.2, -0.15) is 0 Å². The fraction of sp³-hybridized carbons (Fsp3) is 0.240. The van der Waals surface area contributed by atoms with Crippen LogP contribution in [0.5, 0.6) is 0 Å². The smallest absolute Gasteiger partial charge is 0.277 e. The van der Waals surface area contributed by atoms with E-state index in [-0.39, 0.29) is 10.6 Å². The highest BCUT2D eigenvalue weighted by Gasteiger charge is 2.24. The second-order valence-electron chi connectivity index (χ2n) is 7.55. The van der Waals surface area contributed by atoms with Gasteiger partial charge in [-0.15, -0.1) is 0 Å². The van der Waals surface area contributed by atoms with Crippen LogP contribution >= 0.6 is 0 Å². The van der Waals surface area contributed by atoms with Crippen LogP contribution in [-0.4, -0.2) is 18.0 Å². The first-order valence-corrected chi connectivity index (χ1v) is 10.4. The Morgan fingerprint density at radius 2 is 1.81 bits per heavy atom. The second-order valence-corrected chi connectivity index (χ2v) is 7.55. The van der Waals surface area contributed by atoms with E-state index in [9.17, 15) is 10.1 Å². The Hall–Kier alpha value is -3.67. The lowest BCUT2D eigenvalue weighted by Crippen LogP contribution is -2.09. The fourth-order valence-electron chi connectivity index (χ4n) is 4.04. The Balaban J connectivity index is 2.20. The zero-order valence-electron chi connectivity index (χ0n) is 18.2. The summed E-state index contributed by atoms with van der Waals surface area (Å²) in [5.74, 6) is 0.657. The summed E-state index contributed by atoms with van der Waals surface area (Å²) >= 11 is 0. The number of aryl methyl sites for hydroxylation is 2. The highest BCUT2D eigenvalue weighted by atomic mass is 16.6. The zero-order valence-corrected chi connectivity index (χ0v) is 18.2. The molecule has 2 aromatic rings. The molecule has 1 heterocycles. The summed E-state index contributed by atoms with van der Waals surface area (Å²) in [6, 6.07) is 14.8. The molecule has 0 bridgehead atoms. The molecule has 158 valence electrons. The number of rotatable bonds is 5. The van der Waals surface area contributed by atoms with Crippen LogP contribution in [0.25, 0.3) is 33.4 Å². The number of benzene rings is 3. The van der Waals surface area contributed by atoms with Gasteiger partial charge < -0.3 is 9.73 Å². The van der Waals surface area contributed by atoms with Crippen molar-refractivity contribution in [1.29, 1.82) is 0 Å². The van der Waals surface area contributed by atoms with Crippen molar-refractivity contribution in [2.24, 2.45) is 4.99 Å². The van der Waals surface area contributed by atoms with E-state index in [2.05, 4.69) is 10.3 Å². The van der Waals surface area contributed by atoms with Gasteiger partial charge in [-0.05, 0) is 57.0 Å². The number of hydrogen-bond donors (Lipinski definition) is 1. The molecule has 0 saturated heterocycles. The van der Waals surface area contributed by atoms with Crippen molar-refractivity contribution in [1.82, 2.24) is 0 Å². The van der Waals surface area contributed by atoms with Gasteiger partial charge in [-0.25, -0.2) is 0 Å². The van der Waals surface area contributed by atoms with Gasteiger partial charge in [-0.1, -0.05) is 12.1 Å². The molecule has 4 rings (SSSR count). The standard InChI is InChI=1S/C25H25N3O3/c1-5-26-20-13-23-18(11-15(20)3)25(17-9-7-8-10-22(17)28(29)30)19-12-16(4)21(27-6-2)14-24(19)31-23/h7-14,26H,5-6H2,1-4H3/b27-21-. The fourth-order valence-corrected chi connectivity index (χ4v) is 4.04. The van der Waals surface area contributed by atoms with Gasteiger partial charge in [0, 0.05) is 53.5 Å². The normalized spacial score (nSPS) is 11.9. The van der Waals surface area contributed by atoms with E-state index in [1.807, 2.05) is 58.0 Å². The Bertz CT molecular complexity index is 1340. The predicted octanol–water partition coefficient (Wildman–Crippen LogP) is 6.08. The lowest BCUT2D eigenvalue weighted by molar-refractivity contribution is -0.384. The number of nitro groups is 1. The molecule has 1 N–H and O–H groups in total. The average molecular weight is 415 g/mol. The van der Waals surface area contributed by atoms with Gasteiger partial charge in [0.25, 0.3) is 5.69 Å². The highest BCUT2D eigenvalue weighted by Crippen LogP contribution is 2.44. The third-order valence-corrected chi connectivity index (χ3v) is 5.45. The molecule has 0 aromatic heterocycles. The van der Waals surface area contributed by atoms with Crippen LogP contribution in [0.3, 0.4) is 0 Å². The van der Waals surface area contributed by atoms with Gasteiger partial charge in [0.2, 0.25) is 0 Å². The second kappa shape index (κ2) is 8.22. The molecular formula is C25H25N3O3. The minimum Gasteiger partial charge on any atom is -0.456 e. The molecule has 0 fully saturated rings. The number of fused-ring (bicyclic) bond motifs is 2. The van der Waals surface area contributed by atoms with Crippen molar-refractivity contribution in [2.45, 2.75) is 27.7 Å². The van der Waals surface area contributed by atoms with E-state index in [1.165, 1.54) is 0 Å². The van der Waals surface area contributed by atoms with Gasteiger partial charge in [-0.3, -0.25) is 15.1 Å². The molecule has 0 atom stereocenters. The summed E-state index contributed by atoms with van der Waals surface area (Å²) < 4.78 is 6.32. The topological polar surface area (TPSA) is 80.7 Å². The first-order valence-electron chi connectivity index (χ1n) is 10.4. The van der Waals surface area contributed by atoms with Crippen molar-refractivity contribution >= 4 is 22.3 Å². The number of hydrogen-bond acceptors (Lipinski definition) is 5.